The zero-order valence-electron chi connectivity index (χ0n) is 7.36. The van der Waals surface area contributed by atoms with Crippen LogP contribution >= 0.6 is 0 Å². The molecule has 70 valence electrons. The Hall–Kier alpha value is -1.38. The minimum atomic E-state index is -0.434. The Labute approximate surface area is 77.1 Å². The number of hydrogen-bond donors (Lipinski definition) is 0. The first-order valence-electron chi connectivity index (χ1n) is 4.18. The Kier molecular flexibility index (Phi) is 3.01. The van der Waals surface area contributed by atoms with E-state index in [0.717, 1.165) is 0 Å². The molecular weight excluding hydrogens is 168 g/mol. The second-order valence-corrected chi connectivity index (χ2v) is 3.00. The molecule has 0 N–H and O–H groups in total. The third-order valence-corrected chi connectivity index (χ3v) is 2.13. The molecule has 0 spiro atoms. The molecule has 1 rings (SSSR count). The van der Waals surface area contributed by atoms with Gasteiger partial charge in [0.25, 0.3) is 0 Å². The van der Waals surface area contributed by atoms with Gasteiger partial charge in [0, 0.05) is 0 Å². The van der Waals surface area contributed by atoms with E-state index in [1.165, 1.54) is 0 Å². The molecule has 1 aliphatic rings. The Morgan fingerprint density at radius 3 is 1.77 bits per heavy atom. The normalized spacial score (nSPS) is 27.1. The highest BCUT2D eigenvalue weighted by Crippen LogP contribution is 2.29. The average Bonchev–Trinajstić information content (AvgIpc) is 2.33. The van der Waals surface area contributed by atoms with Crippen molar-refractivity contribution in [2.75, 3.05) is 0 Å². The molecule has 3 heteroatoms. The van der Waals surface area contributed by atoms with Crippen molar-refractivity contribution in [3.8, 4) is 0 Å². The van der Waals surface area contributed by atoms with Gasteiger partial charge in [0.15, 0.2) is 0 Å². The first-order valence-corrected chi connectivity index (χ1v) is 4.18. The summed E-state index contributed by atoms with van der Waals surface area (Å²) in [6.07, 6.45) is 4.23. The van der Waals surface area contributed by atoms with Crippen LogP contribution in [0.3, 0.4) is 0 Å². The van der Waals surface area contributed by atoms with Crippen molar-refractivity contribution in [1.29, 1.82) is 0 Å². The van der Waals surface area contributed by atoms with Crippen LogP contribution < -0.4 is 0 Å². The number of carbonyl (C=O) groups is 2. The van der Waals surface area contributed by atoms with Crippen LogP contribution in [-0.4, -0.2) is 11.9 Å². The van der Waals surface area contributed by atoms with Crippen molar-refractivity contribution in [3.05, 3.63) is 25.3 Å². The van der Waals surface area contributed by atoms with E-state index in [1.54, 1.807) is 12.2 Å². The van der Waals surface area contributed by atoms with Gasteiger partial charge in [0.1, 0.15) is 0 Å². The molecule has 2 unspecified atom stereocenters. The van der Waals surface area contributed by atoms with E-state index in [2.05, 4.69) is 17.9 Å². The molecule has 2 atom stereocenters. The van der Waals surface area contributed by atoms with Crippen LogP contribution in [0.2, 0.25) is 0 Å². The quantitative estimate of drug-likeness (QED) is 0.373. The minimum Gasteiger partial charge on any atom is -0.393 e. The summed E-state index contributed by atoms with van der Waals surface area (Å²) in [5.41, 5.74) is 0. The standard InChI is InChI=1S/C10H12O3/c1-3-5-7-8(6-4-2)10(12)13-9(7)11/h3-4,7-8H,1-2,5-6H2. The van der Waals surface area contributed by atoms with Crippen molar-refractivity contribution in [2.24, 2.45) is 11.8 Å². The second-order valence-electron chi connectivity index (χ2n) is 3.00. The van der Waals surface area contributed by atoms with Gasteiger partial charge in [-0.1, -0.05) is 12.2 Å². The van der Waals surface area contributed by atoms with E-state index in [1.807, 2.05) is 0 Å². The number of ether oxygens (including phenoxy) is 1. The van der Waals surface area contributed by atoms with Gasteiger partial charge < -0.3 is 4.74 Å². The Morgan fingerprint density at radius 2 is 1.46 bits per heavy atom. The summed E-state index contributed by atoms with van der Waals surface area (Å²) in [4.78, 5) is 22.3. The largest absolute Gasteiger partial charge is 0.393 e. The summed E-state index contributed by atoms with van der Waals surface area (Å²) in [5, 5.41) is 0. The summed E-state index contributed by atoms with van der Waals surface area (Å²) in [7, 11) is 0. The van der Waals surface area contributed by atoms with Gasteiger partial charge in [-0.3, -0.25) is 9.59 Å². The molecule has 1 heterocycles. The zero-order valence-corrected chi connectivity index (χ0v) is 7.36. The minimum absolute atomic E-state index is 0.358. The summed E-state index contributed by atoms with van der Waals surface area (Å²) in [6.45, 7) is 7.07. The maximum atomic E-state index is 11.1. The van der Waals surface area contributed by atoms with E-state index >= 15 is 0 Å². The fourth-order valence-corrected chi connectivity index (χ4v) is 1.46. The molecule has 0 aliphatic carbocycles. The molecule has 1 saturated heterocycles. The summed E-state index contributed by atoms with van der Waals surface area (Å²) in [6, 6.07) is 0. The fourth-order valence-electron chi connectivity index (χ4n) is 1.46. The van der Waals surface area contributed by atoms with Crippen LogP contribution in [0.15, 0.2) is 25.3 Å². The third kappa shape index (κ3) is 1.86. The van der Waals surface area contributed by atoms with Gasteiger partial charge >= 0.3 is 11.9 Å². The summed E-state index contributed by atoms with van der Waals surface area (Å²) < 4.78 is 4.52. The highest BCUT2D eigenvalue weighted by Gasteiger charge is 2.42. The van der Waals surface area contributed by atoms with Crippen molar-refractivity contribution in [3.63, 3.8) is 0 Å². The molecular formula is C10H12O3. The van der Waals surface area contributed by atoms with Gasteiger partial charge in [-0.25, -0.2) is 0 Å². The molecule has 0 aromatic heterocycles. The van der Waals surface area contributed by atoms with Crippen molar-refractivity contribution in [1.82, 2.24) is 0 Å². The van der Waals surface area contributed by atoms with Crippen molar-refractivity contribution >= 4 is 11.9 Å². The molecule has 0 saturated carbocycles. The lowest BCUT2D eigenvalue weighted by molar-refractivity contribution is -0.153. The van der Waals surface area contributed by atoms with Crippen molar-refractivity contribution < 1.29 is 14.3 Å². The molecule has 1 fully saturated rings. The van der Waals surface area contributed by atoms with E-state index < -0.39 is 11.9 Å². The molecule has 0 aromatic carbocycles. The molecule has 3 nitrogen and oxygen atoms in total. The monoisotopic (exact) mass is 180 g/mol. The molecule has 0 aromatic rings. The molecule has 1 aliphatic heterocycles. The Bertz CT molecular complexity index is 229. The lowest BCUT2D eigenvalue weighted by Gasteiger charge is -2.07. The predicted molar refractivity (Wildman–Crippen MR) is 47.7 cm³/mol. The van der Waals surface area contributed by atoms with E-state index in [0.29, 0.717) is 12.8 Å². The number of allylic oxidation sites excluding steroid dienone is 2. The molecule has 0 bridgehead atoms. The third-order valence-electron chi connectivity index (χ3n) is 2.13. The first-order chi connectivity index (χ1) is 6.20. The van der Waals surface area contributed by atoms with Gasteiger partial charge in [0.2, 0.25) is 0 Å². The second kappa shape index (κ2) is 4.03. The van der Waals surface area contributed by atoms with Gasteiger partial charge in [-0.15, -0.1) is 13.2 Å². The van der Waals surface area contributed by atoms with E-state index in [4.69, 9.17) is 0 Å². The van der Waals surface area contributed by atoms with Crippen LogP contribution in [0.25, 0.3) is 0 Å². The van der Waals surface area contributed by atoms with Gasteiger partial charge in [-0.05, 0) is 12.8 Å². The van der Waals surface area contributed by atoms with Crippen LogP contribution in [-0.2, 0) is 14.3 Å². The smallest absolute Gasteiger partial charge is 0.317 e. The number of carbonyl (C=O) groups excluding carboxylic acids is 2. The van der Waals surface area contributed by atoms with E-state index in [-0.39, 0.29) is 11.8 Å². The lowest BCUT2D eigenvalue weighted by atomic mass is 9.89. The SMILES string of the molecule is C=CCC1C(=O)OC(=O)C1CC=C. The van der Waals surface area contributed by atoms with Crippen LogP contribution in [0.1, 0.15) is 12.8 Å². The maximum Gasteiger partial charge on any atom is 0.317 e. The van der Waals surface area contributed by atoms with E-state index in [9.17, 15) is 9.59 Å². The topological polar surface area (TPSA) is 43.4 Å². The van der Waals surface area contributed by atoms with Crippen LogP contribution in [0.5, 0.6) is 0 Å². The van der Waals surface area contributed by atoms with Crippen LogP contribution in [0.4, 0.5) is 0 Å². The van der Waals surface area contributed by atoms with Gasteiger partial charge in [-0.2, -0.15) is 0 Å². The summed E-state index contributed by atoms with van der Waals surface area (Å²) >= 11 is 0. The number of hydrogen-bond acceptors (Lipinski definition) is 3. The number of rotatable bonds is 4. The average molecular weight is 180 g/mol. The lowest BCUT2D eigenvalue weighted by Crippen LogP contribution is -2.16. The van der Waals surface area contributed by atoms with Crippen molar-refractivity contribution in [2.45, 2.75) is 12.8 Å². The first kappa shape index (κ1) is 9.71. The number of cyclic esters (lactones) is 2. The summed E-state index contributed by atoms with van der Waals surface area (Å²) in [5.74, 6) is -1.58. The highest BCUT2D eigenvalue weighted by molar-refractivity contribution is 5.96. The molecule has 0 amide bonds. The Morgan fingerprint density at radius 1 is 1.08 bits per heavy atom. The van der Waals surface area contributed by atoms with Crippen LogP contribution in [0, 0.1) is 11.8 Å². The maximum absolute atomic E-state index is 11.1. The zero-order chi connectivity index (χ0) is 9.84. The molecule has 0 radical (unpaired) electrons. The molecule has 13 heavy (non-hydrogen) atoms. The predicted octanol–water partition coefficient (Wildman–Crippen LogP) is 1.45. The Balaban J connectivity index is 2.75. The van der Waals surface area contributed by atoms with Gasteiger partial charge in [0.05, 0.1) is 11.8 Å². The fraction of sp³-hybridized carbons (Fsp3) is 0.400. The number of esters is 2. The highest BCUT2D eigenvalue weighted by atomic mass is 16.6.